The fraction of sp³-hybridized carbons (Fsp3) is 0.765. The van der Waals surface area contributed by atoms with Crippen molar-refractivity contribution in [1.29, 1.82) is 0 Å². The third-order valence-corrected chi connectivity index (χ3v) is 5.47. The smallest absolute Gasteiger partial charge is 0.0445 e. The SMILES string of the molecule is CCCC(c1cccs1)N1CC(C(C)(C)C)NCC1C. The highest BCUT2D eigenvalue weighted by Gasteiger charge is 2.35. The van der Waals surface area contributed by atoms with E-state index in [1.165, 1.54) is 17.7 Å². The van der Waals surface area contributed by atoms with Crippen molar-refractivity contribution in [2.75, 3.05) is 13.1 Å². The molecule has 0 saturated carbocycles. The number of nitrogens with one attached hydrogen (secondary N) is 1. The Morgan fingerprint density at radius 2 is 2.20 bits per heavy atom. The van der Waals surface area contributed by atoms with Crippen molar-refractivity contribution in [1.82, 2.24) is 10.2 Å². The molecule has 2 heterocycles. The van der Waals surface area contributed by atoms with Crippen molar-refractivity contribution in [2.45, 2.75) is 65.6 Å². The first-order chi connectivity index (χ1) is 9.43. The molecule has 1 aliphatic heterocycles. The van der Waals surface area contributed by atoms with Gasteiger partial charge in [0, 0.05) is 36.1 Å². The molecule has 3 heteroatoms. The predicted octanol–water partition coefficient (Wildman–Crippen LogP) is 4.30. The molecule has 0 spiro atoms. The van der Waals surface area contributed by atoms with Gasteiger partial charge in [-0.05, 0) is 30.2 Å². The highest BCUT2D eigenvalue weighted by atomic mass is 32.1. The van der Waals surface area contributed by atoms with Crippen LogP contribution in [0.4, 0.5) is 0 Å². The summed E-state index contributed by atoms with van der Waals surface area (Å²) in [5.74, 6) is 0. The Morgan fingerprint density at radius 1 is 1.45 bits per heavy atom. The van der Waals surface area contributed by atoms with E-state index >= 15 is 0 Å². The van der Waals surface area contributed by atoms with Gasteiger partial charge in [-0.3, -0.25) is 4.90 Å². The molecule has 1 fully saturated rings. The van der Waals surface area contributed by atoms with E-state index in [1.54, 1.807) is 0 Å². The molecule has 0 aliphatic carbocycles. The van der Waals surface area contributed by atoms with Gasteiger partial charge in [-0.15, -0.1) is 11.3 Å². The highest BCUT2D eigenvalue weighted by molar-refractivity contribution is 7.10. The van der Waals surface area contributed by atoms with Gasteiger partial charge in [0.2, 0.25) is 0 Å². The first-order valence-electron chi connectivity index (χ1n) is 7.96. The zero-order valence-electron chi connectivity index (χ0n) is 13.6. The van der Waals surface area contributed by atoms with E-state index in [2.05, 4.69) is 62.3 Å². The second kappa shape index (κ2) is 6.59. The van der Waals surface area contributed by atoms with E-state index in [1.807, 2.05) is 11.3 Å². The summed E-state index contributed by atoms with van der Waals surface area (Å²) in [5.41, 5.74) is 0.324. The summed E-state index contributed by atoms with van der Waals surface area (Å²) in [7, 11) is 0. The van der Waals surface area contributed by atoms with Crippen LogP contribution in [-0.4, -0.2) is 30.1 Å². The lowest BCUT2D eigenvalue weighted by Crippen LogP contribution is -2.60. The lowest BCUT2D eigenvalue weighted by molar-refractivity contribution is 0.0539. The van der Waals surface area contributed by atoms with Crippen molar-refractivity contribution >= 4 is 11.3 Å². The Balaban J connectivity index is 2.17. The normalized spacial score (nSPS) is 26.6. The average molecular weight is 295 g/mol. The molecule has 2 nitrogen and oxygen atoms in total. The topological polar surface area (TPSA) is 15.3 Å². The summed E-state index contributed by atoms with van der Waals surface area (Å²) in [4.78, 5) is 4.27. The molecule has 1 aliphatic rings. The number of hydrogen-bond acceptors (Lipinski definition) is 3. The molecule has 1 N–H and O–H groups in total. The first kappa shape index (κ1) is 16.0. The summed E-state index contributed by atoms with van der Waals surface area (Å²) < 4.78 is 0. The fourth-order valence-electron chi connectivity index (χ4n) is 3.13. The minimum Gasteiger partial charge on any atom is -0.311 e. The third kappa shape index (κ3) is 3.63. The quantitative estimate of drug-likeness (QED) is 0.891. The van der Waals surface area contributed by atoms with Gasteiger partial charge in [-0.25, -0.2) is 0 Å². The van der Waals surface area contributed by atoms with Crippen molar-refractivity contribution in [3.8, 4) is 0 Å². The Hall–Kier alpha value is -0.380. The molecule has 1 aromatic rings. The maximum absolute atomic E-state index is 3.74. The fourth-order valence-corrected chi connectivity index (χ4v) is 4.01. The van der Waals surface area contributed by atoms with E-state index in [0.717, 1.165) is 13.1 Å². The van der Waals surface area contributed by atoms with E-state index in [4.69, 9.17) is 0 Å². The lowest BCUT2D eigenvalue weighted by Gasteiger charge is -2.47. The minimum atomic E-state index is 0.324. The van der Waals surface area contributed by atoms with Crippen LogP contribution in [0.25, 0.3) is 0 Å². The van der Waals surface area contributed by atoms with Crippen LogP contribution in [0.15, 0.2) is 17.5 Å². The van der Waals surface area contributed by atoms with Crippen LogP contribution in [0.2, 0.25) is 0 Å². The van der Waals surface area contributed by atoms with Gasteiger partial charge in [0.25, 0.3) is 0 Å². The second-order valence-electron chi connectivity index (χ2n) is 7.19. The molecule has 0 bridgehead atoms. The molecule has 1 aromatic heterocycles. The van der Waals surface area contributed by atoms with Crippen molar-refractivity contribution in [2.24, 2.45) is 5.41 Å². The largest absolute Gasteiger partial charge is 0.311 e. The van der Waals surface area contributed by atoms with Crippen LogP contribution in [-0.2, 0) is 0 Å². The number of hydrogen-bond donors (Lipinski definition) is 1. The molecule has 2 rings (SSSR count). The molecule has 3 unspecified atom stereocenters. The zero-order chi connectivity index (χ0) is 14.8. The number of nitrogens with zero attached hydrogens (tertiary/aromatic N) is 1. The van der Waals surface area contributed by atoms with Gasteiger partial charge in [-0.1, -0.05) is 40.2 Å². The molecule has 0 amide bonds. The standard InChI is InChI=1S/C17H30N2S/c1-6-8-14(15-9-7-10-20-15)19-12-16(17(3,4)5)18-11-13(19)2/h7,9-10,13-14,16,18H,6,8,11-12H2,1-5H3. The summed E-state index contributed by atoms with van der Waals surface area (Å²) in [6.45, 7) is 14.0. The first-order valence-corrected chi connectivity index (χ1v) is 8.84. The summed E-state index contributed by atoms with van der Waals surface area (Å²) in [5, 5.41) is 5.96. The number of rotatable bonds is 4. The number of piperazine rings is 1. The van der Waals surface area contributed by atoms with Gasteiger partial charge in [-0.2, -0.15) is 0 Å². The summed E-state index contributed by atoms with van der Waals surface area (Å²) >= 11 is 1.91. The van der Waals surface area contributed by atoms with Gasteiger partial charge in [0.1, 0.15) is 0 Å². The van der Waals surface area contributed by atoms with Crippen LogP contribution < -0.4 is 5.32 Å². The Bertz CT molecular complexity index is 394. The summed E-state index contributed by atoms with van der Waals surface area (Å²) in [6.07, 6.45) is 2.51. The second-order valence-corrected chi connectivity index (χ2v) is 8.17. The predicted molar refractivity (Wildman–Crippen MR) is 89.4 cm³/mol. The van der Waals surface area contributed by atoms with Crippen LogP contribution in [0.1, 0.15) is 58.4 Å². The molecule has 3 atom stereocenters. The maximum Gasteiger partial charge on any atom is 0.0445 e. The van der Waals surface area contributed by atoms with Crippen molar-refractivity contribution < 1.29 is 0 Å². The molecular weight excluding hydrogens is 264 g/mol. The highest BCUT2D eigenvalue weighted by Crippen LogP contribution is 2.34. The zero-order valence-corrected chi connectivity index (χ0v) is 14.5. The van der Waals surface area contributed by atoms with E-state index in [-0.39, 0.29) is 0 Å². The van der Waals surface area contributed by atoms with Gasteiger partial charge in [0.15, 0.2) is 0 Å². The van der Waals surface area contributed by atoms with Crippen LogP contribution >= 0.6 is 11.3 Å². The Labute approximate surface area is 128 Å². The number of thiophene rings is 1. The molecule has 1 saturated heterocycles. The van der Waals surface area contributed by atoms with E-state index in [0.29, 0.717) is 23.5 Å². The van der Waals surface area contributed by atoms with Crippen molar-refractivity contribution in [3.63, 3.8) is 0 Å². The molecule has 114 valence electrons. The Kier molecular flexibility index (Phi) is 5.27. The van der Waals surface area contributed by atoms with Crippen LogP contribution in [0, 0.1) is 5.41 Å². The third-order valence-electron chi connectivity index (χ3n) is 4.50. The van der Waals surface area contributed by atoms with Gasteiger partial charge >= 0.3 is 0 Å². The Morgan fingerprint density at radius 3 is 2.75 bits per heavy atom. The van der Waals surface area contributed by atoms with Gasteiger partial charge < -0.3 is 5.32 Å². The molecule has 0 radical (unpaired) electrons. The van der Waals surface area contributed by atoms with Gasteiger partial charge in [0.05, 0.1) is 0 Å². The minimum absolute atomic E-state index is 0.324. The average Bonchev–Trinajstić information content (AvgIpc) is 2.89. The molecule has 0 aromatic carbocycles. The monoisotopic (exact) mass is 294 g/mol. The summed E-state index contributed by atoms with van der Waals surface area (Å²) in [6, 6.07) is 6.30. The van der Waals surface area contributed by atoms with Crippen LogP contribution in [0.3, 0.4) is 0 Å². The van der Waals surface area contributed by atoms with E-state index < -0.39 is 0 Å². The van der Waals surface area contributed by atoms with E-state index in [9.17, 15) is 0 Å². The van der Waals surface area contributed by atoms with Crippen molar-refractivity contribution in [3.05, 3.63) is 22.4 Å². The van der Waals surface area contributed by atoms with Crippen LogP contribution in [0.5, 0.6) is 0 Å². The maximum atomic E-state index is 3.74. The lowest BCUT2D eigenvalue weighted by atomic mass is 9.84. The molecule has 20 heavy (non-hydrogen) atoms. The molecular formula is C17H30N2S.